The fraction of sp³-hybridized carbons (Fsp3) is 0.522. The molecule has 0 unspecified atom stereocenters. The van der Waals surface area contributed by atoms with Gasteiger partial charge in [-0.1, -0.05) is 5.16 Å². The summed E-state index contributed by atoms with van der Waals surface area (Å²) < 4.78 is 87.0. The van der Waals surface area contributed by atoms with Crippen LogP contribution in [0.15, 0.2) is 23.0 Å². The van der Waals surface area contributed by atoms with Gasteiger partial charge in [0.15, 0.2) is 11.4 Å². The zero-order valence-electron chi connectivity index (χ0n) is 20.2. The fourth-order valence-electron chi connectivity index (χ4n) is 5.19. The largest absolute Gasteiger partial charge is 0.410 e. The number of halogens is 6. The molecule has 0 spiro atoms. The van der Waals surface area contributed by atoms with Crippen LogP contribution in [0.1, 0.15) is 64.7 Å². The first-order chi connectivity index (χ1) is 18.4. The second-order valence-electron chi connectivity index (χ2n) is 9.79. The van der Waals surface area contributed by atoms with E-state index in [1.54, 1.807) is 0 Å². The quantitative estimate of drug-likeness (QED) is 0.425. The Morgan fingerprint density at radius 2 is 2.00 bits per heavy atom. The zero-order valence-corrected chi connectivity index (χ0v) is 20.2. The van der Waals surface area contributed by atoms with Crippen molar-refractivity contribution in [2.75, 3.05) is 6.54 Å². The number of urea groups is 1. The van der Waals surface area contributed by atoms with Crippen LogP contribution in [0.5, 0.6) is 0 Å². The van der Waals surface area contributed by atoms with Crippen LogP contribution < -0.4 is 11.1 Å². The third-order valence-electron chi connectivity index (χ3n) is 7.15. The number of hydrogen-bond donors (Lipinski definition) is 2. The van der Waals surface area contributed by atoms with Crippen molar-refractivity contribution in [3.05, 3.63) is 46.7 Å². The van der Waals surface area contributed by atoms with E-state index in [1.165, 1.54) is 23.0 Å². The number of carbonyl (C=O) groups excluding carboxylic acids is 2. The number of carbonyl (C=O) groups is 2. The topological polar surface area (TPSA) is 132 Å². The number of primary amides is 1. The summed E-state index contributed by atoms with van der Waals surface area (Å²) in [5.74, 6) is -5.27. The van der Waals surface area contributed by atoms with Crippen LogP contribution in [0.3, 0.4) is 0 Å². The van der Waals surface area contributed by atoms with Gasteiger partial charge in [-0.2, -0.15) is 18.3 Å². The van der Waals surface area contributed by atoms with E-state index < -0.39 is 68.0 Å². The van der Waals surface area contributed by atoms with Gasteiger partial charge in [0.2, 0.25) is 5.92 Å². The van der Waals surface area contributed by atoms with E-state index >= 15 is 0 Å². The summed E-state index contributed by atoms with van der Waals surface area (Å²) in [6.07, 6.45) is -2.45. The fourth-order valence-corrected chi connectivity index (χ4v) is 5.19. The van der Waals surface area contributed by atoms with Gasteiger partial charge in [0, 0.05) is 19.4 Å². The smallest absolute Gasteiger partial charge is 0.365 e. The standard InChI is InChI=1S/C23H23F6N7O3/c24-6-13-18(20(30)37)19(39-34-13)17(12-1-3-22(25,26)4-2-12)14-9-36-16(32-14)5-11(7-31-36)8-35-10-15(23(27,28)29)33-21(35)38/h5,7,9,12,15,17H,1-4,6,8,10H2,(H2,30,37)(H,33,38)/t15-,17-/m0/s1. The molecule has 210 valence electrons. The molecule has 3 amide bonds. The number of imidazole rings is 1. The molecule has 2 fully saturated rings. The average Bonchev–Trinajstić information content (AvgIpc) is 3.57. The lowest BCUT2D eigenvalue weighted by Crippen LogP contribution is -2.40. The van der Waals surface area contributed by atoms with Crippen molar-refractivity contribution < 1.29 is 40.5 Å². The molecule has 3 aromatic heterocycles. The maximum absolute atomic E-state index is 13.9. The van der Waals surface area contributed by atoms with Gasteiger partial charge in [-0.05, 0) is 30.4 Å². The van der Waals surface area contributed by atoms with E-state index in [0.29, 0.717) is 5.56 Å². The predicted molar refractivity (Wildman–Crippen MR) is 120 cm³/mol. The molecule has 39 heavy (non-hydrogen) atoms. The van der Waals surface area contributed by atoms with E-state index in [1.807, 2.05) is 5.32 Å². The SMILES string of the molecule is NC(=O)c1c(CF)noc1[C@H](c1cn2ncc(CN3C[C@@H](C(F)(F)F)NC3=O)cc2n1)C1CCC(F)(F)CC1. The molecule has 3 aromatic rings. The Bertz CT molecular complexity index is 1390. The number of fused-ring (bicyclic) bond motifs is 1. The van der Waals surface area contributed by atoms with Crippen molar-refractivity contribution in [1.29, 1.82) is 0 Å². The Labute approximate surface area is 216 Å². The lowest BCUT2D eigenvalue weighted by molar-refractivity contribution is -0.149. The number of nitrogens with zero attached hydrogens (tertiary/aromatic N) is 5. The van der Waals surface area contributed by atoms with Gasteiger partial charge < -0.3 is 20.5 Å². The summed E-state index contributed by atoms with van der Waals surface area (Å²) in [6.45, 7) is -1.87. The minimum Gasteiger partial charge on any atom is -0.365 e. The van der Waals surface area contributed by atoms with Gasteiger partial charge in [0.05, 0.1) is 30.6 Å². The lowest BCUT2D eigenvalue weighted by atomic mass is 9.75. The van der Waals surface area contributed by atoms with Crippen LogP contribution in [-0.2, 0) is 13.2 Å². The molecule has 4 heterocycles. The molecule has 5 rings (SSSR count). The van der Waals surface area contributed by atoms with E-state index in [0.717, 1.165) is 4.90 Å². The van der Waals surface area contributed by atoms with Crippen LogP contribution in [0.4, 0.5) is 31.1 Å². The Hall–Kier alpha value is -3.85. The minimum atomic E-state index is -4.59. The summed E-state index contributed by atoms with van der Waals surface area (Å²) in [6, 6.07) is -1.35. The molecule has 2 atom stereocenters. The molecule has 1 aliphatic carbocycles. The first kappa shape index (κ1) is 26.7. The third-order valence-corrected chi connectivity index (χ3v) is 7.15. The summed E-state index contributed by atoms with van der Waals surface area (Å²) in [7, 11) is 0. The van der Waals surface area contributed by atoms with Gasteiger partial charge in [-0.25, -0.2) is 27.5 Å². The van der Waals surface area contributed by atoms with Crippen LogP contribution in [0.2, 0.25) is 0 Å². The number of nitrogens with two attached hydrogens (primary N) is 1. The molecule has 1 aliphatic heterocycles. The van der Waals surface area contributed by atoms with Crippen molar-refractivity contribution in [3.63, 3.8) is 0 Å². The number of alkyl halides is 6. The van der Waals surface area contributed by atoms with Gasteiger partial charge in [-0.3, -0.25) is 4.79 Å². The highest BCUT2D eigenvalue weighted by Crippen LogP contribution is 2.46. The van der Waals surface area contributed by atoms with E-state index in [2.05, 4.69) is 15.2 Å². The molecular formula is C23H23F6N7O3. The van der Waals surface area contributed by atoms with Crippen LogP contribution >= 0.6 is 0 Å². The Balaban J connectivity index is 1.48. The normalized spacial score (nSPS) is 20.9. The van der Waals surface area contributed by atoms with Crippen LogP contribution in [0.25, 0.3) is 5.65 Å². The third kappa shape index (κ3) is 5.23. The van der Waals surface area contributed by atoms with Crippen molar-refractivity contribution >= 4 is 17.6 Å². The molecule has 0 radical (unpaired) electrons. The highest BCUT2D eigenvalue weighted by atomic mass is 19.4. The molecule has 1 saturated carbocycles. The van der Waals surface area contributed by atoms with E-state index in [9.17, 15) is 35.9 Å². The first-order valence-electron chi connectivity index (χ1n) is 12.0. The second-order valence-corrected chi connectivity index (χ2v) is 9.79. The maximum atomic E-state index is 13.9. The summed E-state index contributed by atoms with van der Waals surface area (Å²) in [5.41, 5.74) is 5.80. The first-order valence-corrected chi connectivity index (χ1v) is 12.0. The highest BCUT2D eigenvalue weighted by molar-refractivity contribution is 5.95. The Morgan fingerprint density at radius 1 is 1.28 bits per heavy atom. The van der Waals surface area contributed by atoms with Gasteiger partial charge in [0.25, 0.3) is 5.91 Å². The molecule has 2 aliphatic rings. The molecular weight excluding hydrogens is 536 g/mol. The van der Waals surface area contributed by atoms with Crippen molar-refractivity contribution in [1.82, 2.24) is 30.0 Å². The number of nitrogens with one attached hydrogen (secondary N) is 1. The summed E-state index contributed by atoms with van der Waals surface area (Å²) in [4.78, 5) is 29.7. The number of rotatable bonds is 7. The number of amides is 3. The Kier molecular flexibility index (Phi) is 6.66. The molecule has 1 saturated heterocycles. The van der Waals surface area contributed by atoms with Gasteiger partial charge in [-0.15, -0.1) is 0 Å². The Morgan fingerprint density at radius 3 is 2.62 bits per heavy atom. The maximum Gasteiger partial charge on any atom is 0.410 e. The molecule has 0 aromatic carbocycles. The number of hydrogen-bond acceptors (Lipinski definition) is 6. The minimum absolute atomic E-state index is 0.0541. The van der Waals surface area contributed by atoms with E-state index in [-0.39, 0.29) is 47.7 Å². The molecule has 0 bridgehead atoms. The summed E-state index contributed by atoms with van der Waals surface area (Å²) >= 11 is 0. The average molecular weight is 559 g/mol. The van der Waals surface area contributed by atoms with Crippen LogP contribution in [0, 0.1) is 5.92 Å². The van der Waals surface area contributed by atoms with Gasteiger partial charge in [0.1, 0.15) is 24.0 Å². The predicted octanol–water partition coefficient (Wildman–Crippen LogP) is 3.70. The summed E-state index contributed by atoms with van der Waals surface area (Å²) in [5, 5.41) is 9.71. The molecule has 16 heteroatoms. The van der Waals surface area contributed by atoms with Gasteiger partial charge >= 0.3 is 12.2 Å². The van der Waals surface area contributed by atoms with Crippen molar-refractivity contribution in [2.45, 2.75) is 63.0 Å². The second kappa shape index (κ2) is 9.72. The monoisotopic (exact) mass is 559 g/mol. The van der Waals surface area contributed by atoms with Crippen molar-refractivity contribution in [2.24, 2.45) is 11.7 Å². The zero-order chi connectivity index (χ0) is 28.1. The molecule has 10 nitrogen and oxygen atoms in total. The van der Waals surface area contributed by atoms with E-state index in [4.69, 9.17) is 10.3 Å². The van der Waals surface area contributed by atoms with Crippen LogP contribution in [-0.4, -0.2) is 61.3 Å². The van der Waals surface area contributed by atoms with Crippen molar-refractivity contribution in [3.8, 4) is 0 Å². The molecule has 3 N–H and O–H groups in total. The number of aromatic nitrogens is 4. The highest BCUT2D eigenvalue weighted by Gasteiger charge is 2.47. The lowest BCUT2D eigenvalue weighted by Gasteiger charge is -2.32.